The fourth-order valence-electron chi connectivity index (χ4n) is 6.17. The zero-order chi connectivity index (χ0) is 27.9. The number of fused-ring (bicyclic) bond motifs is 3. The first kappa shape index (κ1) is 26.7. The maximum Gasteiger partial charge on any atom is 0.256 e. The number of methoxy groups -OCH3 is 1. The lowest BCUT2D eigenvalue weighted by Gasteiger charge is -2.47. The first-order valence-electron chi connectivity index (χ1n) is 14.6. The standard InChI is InChI=1S/C31H40N6O3/c1-21(31(2,3)36-13-11-35(12-14-36)30-32-8-6-9-33-30)20-40-28-18-23-16-26-25(15-22(23)17-27(28)39-4)29(38)37-10-5-7-24(37)19-34-26/h8,15-19,21,24H,5-7,9-14,20H2,1-4H3. The van der Waals surface area contributed by atoms with Crippen LogP contribution >= 0.6 is 0 Å². The minimum absolute atomic E-state index is 0.0480. The average molecular weight is 545 g/mol. The maximum absolute atomic E-state index is 13.3. The molecule has 0 N–H and O–H groups in total. The normalized spacial score (nSPS) is 22.1. The third-order valence-electron chi connectivity index (χ3n) is 9.20. The molecule has 212 valence electrons. The molecule has 6 rings (SSSR count). The van der Waals surface area contributed by atoms with Crippen LogP contribution in [0.25, 0.3) is 10.8 Å². The molecule has 0 spiro atoms. The molecule has 2 aromatic carbocycles. The number of ether oxygens (including phenoxy) is 2. The fourth-order valence-corrected chi connectivity index (χ4v) is 6.17. The van der Waals surface area contributed by atoms with Crippen LogP contribution in [0.3, 0.4) is 0 Å². The summed E-state index contributed by atoms with van der Waals surface area (Å²) in [5, 5.41) is 1.93. The number of nitrogens with zero attached hydrogens (tertiary/aromatic N) is 6. The number of amides is 1. The van der Waals surface area contributed by atoms with Crippen LogP contribution in [0.2, 0.25) is 0 Å². The van der Waals surface area contributed by atoms with Crippen molar-refractivity contribution in [3.8, 4) is 11.5 Å². The van der Waals surface area contributed by atoms with E-state index in [0.717, 1.165) is 81.0 Å². The molecule has 1 amide bonds. The van der Waals surface area contributed by atoms with Crippen molar-refractivity contribution >= 4 is 40.8 Å². The second kappa shape index (κ2) is 10.8. The van der Waals surface area contributed by atoms with Crippen molar-refractivity contribution in [2.24, 2.45) is 20.9 Å². The molecule has 2 saturated heterocycles. The van der Waals surface area contributed by atoms with Gasteiger partial charge in [-0.15, -0.1) is 0 Å². The summed E-state index contributed by atoms with van der Waals surface area (Å²) in [6, 6.07) is 8.04. The Balaban J connectivity index is 1.16. The van der Waals surface area contributed by atoms with Crippen LogP contribution in [-0.4, -0.2) is 104 Å². The van der Waals surface area contributed by atoms with Crippen LogP contribution in [0.4, 0.5) is 5.69 Å². The van der Waals surface area contributed by atoms with Crippen molar-refractivity contribution in [2.45, 2.75) is 51.6 Å². The van der Waals surface area contributed by atoms with E-state index >= 15 is 0 Å². The van der Waals surface area contributed by atoms with Gasteiger partial charge in [-0.3, -0.25) is 19.7 Å². The van der Waals surface area contributed by atoms with Crippen molar-refractivity contribution in [2.75, 3.05) is 53.0 Å². The summed E-state index contributed by atoms with van der Waals surface area (Å²) in [5.41, 5.74) is 1.33. The minimum Gasteiger partial charge on any atom is -0.493 e. The molecule has 9 heteroatoms. The smallest absolute Gasteiger partial charge is 0.256 e. The van der Waals surface area contributed by atoms with Gasteiger partial charge in [-0.05, 0) is 61.7 Å². The van der Waals surface area contributed by atoms with E-state index in [2.05, 4.69) is 40.6 Å². The molecule has 0 aliphatic carbocycles. The van der Waals surface area contributed by atoms with Gasteiger partial charge in [0, 0.05) is 69.6 Å². The van der Waals surface area contributed by atoms with Gasteiger partial charge in [0.05, 0.1) is 31.0 Å². The summed E-state index contributed by atoms with van der Waals surface area (Å²) in [5.74, 6) is 2.60. The van der Waals surface area contributed by atoms with E-state index in [1.807, 2.05) is 41.6 Å². The van der Waals surface area contributed by atoms with E-state index in [-0.39, 0.29) is 23.4 Å². The van der Waals surface area contributed by atoms with Gasteiger partial charge in [0.25, 0.3) is 5.91 Å². The predicted octanol–water partition coefficient (Wildman–Crippen LogP) is 4.41. The predicted molar refractivity (Wildman–Crippen MR) is 160 cm³/mol. The SMILES string of the molecule is COc1cc2cc3c(cc2cc1OCC(C)C(C)(C)N1CCN(C2=NCCC=N2)CC1)N=CC1CCCN1C3=O. The molecule has 2 fully saturated rings. The van der Waals surface area contributed by atoms with Crippen LogP contribution in [0.1, 0.15) is 50.4 Å². The average Bonchev–Trinajstić information content (AvgIpc) is 3.42. The largest absolute Gasteiger partial charge is 0.493 e. The molecule has 9 nitrogen and oxygen atoms in total. The molecule has 0 saturated carbocycles. The van der Waals surface area contributed by atoms with Gasteiger partial charge >= 0.3 is 0 Å². The van der Waals surface area contributed by atoms with Gasteiger partial charge < -0.3 is 19.3 Å². The Morgan fingerprint density at radius 3 is 2.55 bits per heavy atom. The Kier molecular flexibility index (Phi) is 7.25. The van der Waals surface area contributed by atoms with Gasteiger partial charge in [0.15, 0.2) is 11.5 Å². The van der Waals surface area contributed by atoms with Crippen molar-refractivity contribution in [1.29, 1.82) is 0 Å². The summed E-state index contributed by atoms with van der Waals surface area (Å²) in [6.45, 7) is 12.8. The van der Waals surface area contributed by atoms with E-state index in [1.165, 1.54) is 0 Å². The summed E-state index contributed by atoms with van der Waals surface area (Å²) in [4.78, 5) is 33.8. The minimum atomic E-state index is -0.0480. The summed E-state index contributed by atoms with van der Waals surface area (Å²) in [6.07, 6.45) is 6.84. The Morgan fingerprint density at radius 2 is 1.80 bits per heavy atom. The number of hydrogen-bond donors (Lipinski definition) is 0. The summed E-state index contributed by atoms with van der Waals surface area (Å²) < 4.78 is 12.2. The topological polar surface area (TPSA) is 82.3 Å². The molecule has 2 unspecified atom stereocenters. The first-order valence-corrected chi connectivity index (χ1v) is 14.6. The molecular weight excluding hydrogens is 504 g/mol. The van der Waals surface area contributed by atoms with E-state index in [4.69, 9.17) is 14.5 Å². The lowest BCUT2D eigenvalue weighted by Crippen LogP contribution is -2.58. The van der Waals surface area contributed by atoms with Crippen LogP contribution in [0.5, 0.6) is 11.5 Å². The highest BCUT2D eigenvalue weighted by Gasteiger charge is 2.36. The lowest BCUT2D eigenvalue weighted by molar-refractivity contribution is 0.0203. The zero-order valence-electron chi connectivity index (χ0n) is 24.1. The van der Waals surface area contributed by atoms with Gasteiger partial charge in [-0.1, -0.05) is 6.92 Å². The molecule has 2 atom stereocenters. The second-order valence-corrected chi connectivity index (χ2v) is 11.8. The van der Waals surface area contributed by atoms with Crippen molar-refractivity contribution in [1.82, 2.24) is 14.7 Å². The van der Waals surface area contributed by atoms with Crippen LogP contribution in [0, 0.1) is 5.92 Å². The number of carbonyl (C=O) groups is 1. The van der Waals surface area contributed by atoms with E-state index in [1.54, 1.807) is 7.11 Å². The van der Waals surface area contributed by atoms with E-state index in [9.17, 15) is 4.79 Å². The lowest BCUT2D eigenvalue weighted by atomic mass is 9.87. The van der Waals surface area contributed by atoms with Crippen LogP contribution in [0.15, 0.2) is 39.2 Å². The molecule has 4 heterocycles. The molecule has 0 bridgehead atoms. The van der Waals surface area contributed by atoms with Crippen LogP contribution in [-0.2, 0) is 0 Å². The summed E-state index contributed by atoms with van der Waals surface area (Å²) in [7, 11) is 1.66. The first-order chi connectivity index (χ1) is 19.3. The Bertz CT molecular complexity index is 1370. The number of aliphatic imine (C=N–C) groups is 3. The number of rotatable bonds is 6. The highest BCUT2D eigenvalue weighted by Crippen LogP contribution is 2.38. The molecule has 40 heavy (non-hydrogen) atoms. The van der Waals surface area contributed by atoms with Crippen molar-refractivity contribution in [3.63, 3.8) is 0 Å². The molecule has 4 aliphatic rings. The number of piperazine rings is 1. The second-order valence-electron chi connectivity index (χ2n) is 11.8. The number of hydrogen-bond acceptors (Lipinski definition) is 8. The maximum atomic E-state index is 13.3. The number of carbonyl (C=O) groups excluding carboxylic acids is 1. The fraction of sp³-hybridized carbons (Fsp3) is 0.548. The summed E-state index contributed by atoms with van der Waals surface area (Å²) >= 11 is 0. The van der Waals surface area contributed by atoms with E-state index in [0.29, 0.717) is 23.7 Å². The van der Waals surface area contributed by atoms with Gasteiger partial charge in [0.2, 0.25) is 5.96 Å². The molecular formula is C31H40N6O3. The third kappa shape index (κ3) is 4.96. The monoisotopic (exact) mass is 544 g/mol. The van der Waals surface area contributed by atoms with Crippen LogP contribution < -0.4 is 9.47 Å². The molecule has 2 aromatic rings. The highest BCUT2D eigenvalue weighted by molar-refractivity contribution is 6.07. The highest BCUT2D eigenvalue weighted by atomic mass is 16.5. The van der Waals surface area contributed by atoms with Crippen molar-refractivity contribution < 1.29 is 14.3 Å². The van der Waals surface area contributed by atoms with Gasteiger partial charge in [0.1, 0.15) is 0 Å². The number of guanidine groups is 1. The Hall–Kier alpha value is -3.46. The quantitative estimate of drug-likeness (QED) is 0.538. The molecule has 4 aliphatic heterocycles. The molecule has 0 radical (unpaired) electrons. The zero-order valence-corrected chi connectivity index (χ0v) is 24.1. The van der Waals surface area contributed by atoms with Gasteiger partial charge in [-0.25, -0.2) is 4.99 Å². The number of benzene rings is 2. The Labute approximate surface area is 236 Å². The van der Waals surface area contributed by atoms with Crippen molar-refractivity contribution in [3.05, 3.63) is 29.8 Å². The van der Waals surface area contributed by atoms with Gasteiger partial charge in [-0.2, -0.15) is 0 Å². The van der Waals surface area contributed by atoms with E-state index < -0.39 is 0 Å². The molecule has 0 aromatic heterocycles. The Morgan fingerprint density at radius 1 is 1.02 bits per heavy atom. The third-order valence-corrected chi connectivity index (χ3v) is 9.20.